The van der Waals surface area contributed by atoms with Gasteiger partial charge in [0.25, 0.3) is 0 Å². The first kappa shape index (κ1) is 22.4. The van der Waals surface area contributed by atoms with Crippen LogP contribution in [0.2, 0.25) is 0 Å². The molecule has 72 valence electrons. The van der Waals surface area contributed by atoms with Gasteiger partial charge in [-0.05, 0) is 13.0 Å². The lowest BCUT2D eigenvalue weighted by atomic mass is 10.3. The van der Waals surface area contributed by atoms with Gasteiger partial charge in [0, 0.05) is 0 Å². The Kier molecular flexibility index (Phi) is 205. The first-order valence-corrected chi connectivity index (χ1v) is 4.62. The average molecular weight is 161 g/mol. The third-order valence-electron chi connectivity index (χ3n) is 0.558. The van der Waals surface area contributed by atoms with Gasteiger partial charge in [0.15, 0.2) is 0 Å². The van der Waals surface area contributed by atoms with E-state index in [1.165, 1.54) is 12.8 Å². The Morgan fingerprint density at radius 2 is 1.27 bits per heavy atom. The lowest BCUT2D eigenvalue weighted by Gasteiger charge is -1.80. The summed E-state index contributed by atoms with van der Waals surface area (Å²) in [6, 6.07) is 0. The first-order valence-electron chi connectivity index (χ1n) is 4.62. The van der Waals surface area contributed by atoms with Gasteiger partial charge >= 0.3 is 0 Å². The molecule has 0 rings (SSSR count). The van der Waals surface area contributed by atoms with Crippen LogP contribution in [0.15, 0.2) is 13.2 Å². The largest absolute Gasteiger partial charge is 0.330 e. The van der Waals surface area contributed by atoms with E-state index in [0.717, 1.165) is 6.54 Å². The van der Waals surface area contributed by atoms with Crippen LogP contribution < -0.4 is 5.73 Å². The standard InChI is InChI=1S/C4H11N.2C2H6.C2H4/c1-2-3-4-5;3*1-2/h2-5H2,1H3;2*1-2H3;1-2H2. The van der Waals surface area contributed by atoms with Crippen LogP contribution in [0.4, 0.5) is 0 Å². The molecule has 0 aliphatic heterocycles. The predicted octanol–water partition coefficient (Wildman–Crippen LogP) is 3.60. The van der Waals surface area contributed by atoms with Crippen LogP contribution in [-0.4, -0.2) is 6.54 Å². The molecule has 2 N–H and O–H groups in total. The van der Waals surface area contributed by atoms with Gasteiger partial charge in [-0.15, -0.1) is 13.2 Å². The van der Waals surface area contributed by atoms with Crippen LogP contribution >= 0.6 is 0 Å². The zero-order valence-corrected chi connectivity index (χ0v) is 9.11. The SMILES string of the molecule is C=C.CC.CC.CCCCN. The summed E-state index contributed by atoms with van der Waals surface area (Å²) in [4.78, 5) is 0. The van der Waals surface area contributed by atoms with Gasteiger partial charge in [-0.1, -0.05) is 41.0 Å². The summed E-state index contributed by atoms with van der Waals surface area (Å²) in [7, 11) is 0. The average Bonchev–Trinajstić information content (AvgIpc) is 2.16. The molecule has 0 fully saturated rings. The third-order valence-corrected chi connectivity index (χ3v) is 0.558. The fourth-order valence-corrected chi connectivity index (χ4v) is 0.204. The van der Waals surface area contributed by atoms with E-state index in [4.69, 9.17) is 5.73 Å². The molecule has 0 bridgehead atoms. The van der Waals surface area contributed by atoms with Crippen LogP contribution in [-0.2, 0) is 0 Å². The smallest absolute Gasteiger partial charge is 0.00774 e. The van der Waals surface area contributed by atoms with Crippen LogP contribution in [0.5, 0.6) is 0 Å². The molecule has 0 unspecified atom stereocenters. The molecule has 0 amide bonds. The molecule has 0 aliphatic carbocycles. The molecule has 1 heteroatoms. The van der Waals surface area contributed by atoms with Crippen molar-refractivity contribution in [3.63, 3.8) is 0 Å². The lowest BCUT2D eigenvalue weighted by Crippen LogP contribution is -1.95. The number of hydrogen-bond donors (Lipinski definition) is 1. The molecule has 11 heavy (non-hydrogen) atoms. The molecule has 0 aromatic heterocycles. The Hall–Kier alpha value is -0.300. The maximum absolute atomic E-state index is 5.14. The minimum Gasteiger partial charge on any atom is -0.330 e. The minimum absolute atomic E-state index is 0.844. The second kappa shape index (κ2) is 101. The third kappa shape index (κ3) is 199. The van der Waals surface area contributed by atoms with Crippen molar-refractivity contribution in [2.24, 2.45) is 5.73 Å². The molecule has 0 aliphatic rings. The summed E-state index contributed by atoms with van der Waals surface area (Å²) >= 11 is 0. The van der Waals surface area contributed by atoms with E-state index < -0.39 is 0 Å². The van der Waals surface area contributed by atoms with E-state index in [1.54, 1.807) is 0 Å². The Morgan fingerprint density at radius 3 is 1.27 bits per heavy atom. The minimum atomic E-state index is 0.844. The van der Waals surface area contributed by atoms with E-state index in [0.29, 0.717) is 0 Å². The van der Waals surface area contributed by atoms with E-state index >= 15 is 0 Å². The molecule has 0 atom stereocenters. The van der Waals surface area contributed by atoms with Crippen LogP contribution in [0.25, 0.3) is 0 Å². The highest BCUT2D eigenvalue weighted by Crippen LogP contribution is 1.77. The van der Waals surface area contributed by atoms with Gasteiger partial charge in [-0.2, -0.15) is 0 Å². The van der Waals surface area contributed by atoms with Gasteiger partial charge < -0.3 is 5.73 Å². The highest BCUT2D eigenvalue weighted by molar-refractivity contribution is 4.29. The van der Waals surface area contributed by atoms with E-state index in [9.17, 15) is 0 Å². The van der Waals surface area contributed by atoms with Crippen LogP contribution in [0.1, 0.15) is 47.5 Å². The number of nitrogens with two attached hydrogens (primary N) is 1. The fourth-order valence-electron chi connectivity index (χ4n) is 0.204. The predicted molar refractivity (Wildman–Crippen MR) is 57.9 cm³/mol. The van der Waals surface area contributed by atoms with Crippen molar-refractivity contribution in [2.45, 2.75) is 47.5 Å². The van der Waals surface area contributed by atoms with Gasteiger partial charge in [-0.25, -0.2) is 0 Å². The summed E-state index contributed by atoms with van der Waals surface area (Å²) in [5.74, 6) is 0. The normalized spacial score (nSPS) is 5.27. The van der Waals surface area contributed by atoms with Crippen molar-refractivity contribution >= 4 is 0 Å². The lowest BCUT2D eigenvalue weighted by molar-refractivity contribution is 0.807. The zero-order chi connectivity index (χ0) is 10.1. The van der Waals surface area contributed by atoms with Gasteiger partial charge in [0.2, 0.25) is 0 Å². The van der Waals surface area contributed by atoms with Crippen molar-refractivity contribution in [1.29, 1.82) is 0 Å². The first-order chi connectivity index (χ1) is 5.41. The van der Waals surface area contributed by atoms with E-state index in [-0.39, 0.29) is 0 Å². The van der Waals surface area contributed by atoms with Crippen molar-refractivity contribution in [3.05, 3.63) is 13.2 Å². The zero-order valence-electron chi connectivity index (χ0n) is 9.11. The molecule has 0 radical (unpaired) electrons. The van der Waals surface area contributed by atoms with Crippen LogP contribution in [0, 0.1) is 0 Å². The fraction of sp³-hybridized carbons (Fsp3) is 0.800. The molecule has 0 saturated heterocycles. The topological polar surface area (TPSA) is 26.0 Å². The maximum Gasteiger partial charge on any atom is -0.00774 e. The summed E-state index contributed by atoms with van der Waals surface area (Å²) < 4.78 is 0. The monoisotopic (exact) mass is 161 g/mol. The maximum atomic E-state index is 5.14. The molecule has 0 aromatic rings. The highest BCUT2D eigenvalue weighted by atomic mass is 14.5. The van der Waals surface area contributed by atoms with Crippen molar-refractivity contribution in [3.8, 4) is 0 Å². The van der Waals surface area contributed by atoms with E-state index in [1.807, 2.05) is 27.7 Å². The van der Waals surface area contributed by atoms with Gasteiger partial charge in [0.1, 0.15) is 0 Å². The molecule has 0 saturated carbocycles. The summed E-state index contributed by atoms with van der Waals surface area (Å²) in [5.41, 5.74) is 5.14. The number of rotatable bonds is 2. The van der Waals surface area contributed by atoms with Crippen molar-refractivity contribution in [1.82, 2.24) is 0 Å². The highest BCUT2D eigenvalue weighted by Gasteiger charge is 1.67. The Labute approximate surface area is 73.7 Å². The number of unbranched alkanes of at least 4 members (excludes halogenated alkanes) is 1. The Balaban J connectivity index is -0.0000000350. The second-order valence-electron chi connectivity index (χ2n) is 1.14. The molecule has 0 spiro atoms. The van der Waals surface area contributed by atoms with E-state index in [2.05, 4.69) is 20.1 Å². The van der Waals surface area contributed by atoms with Gasteiger partial charge in [-0.3, -0.25) is 0 Å². The molecule has 0 heterocycles. The second-order valence-corrected chi connectivity index (χ2v) is 1.14. The van der Waals surface area contributed by atoms with Gasteiger partial charge in [0.05, 0.1) is 0 Å². The summed E-state index contributed by atoms with van der Waals surface area (Å²) in [6.07, 6.45) is 2.39. The Morgan fingerprint density at radius 1 is 1.00 bits per heavy atom. The molecule has 0 aromatic carbocycles. The molecule has 1 nitrogen and oxygen atoms in total. The quantitative estimate of drug-likeness (QED) is 0.615. The summed E-state index contributed by atoms with van der Waals surface area (Å²) in [6.45, 7) is 17.0. The summed E-state index contributed by atoms with van der Waals surface area (Å²) in [5, 5.41) is 0. The Bertz CT molecular complexity index is 18.8. The van der Waals surface area contributed by atoms with Crippen molar-refractivity contribution < 1.29 is 0 Å². The van der Waals surface area contributed by atoms with Crippen molar-refractivity contribution in [2.75, 3.05) is 6.54 Å². The molecular weight excluding hydrogens is 134 g/mol. The van der Waals surface area contributed by atoms with Crippen LogP contribution in [0.3, 0.4) is 0 Å². The molecular formula is C10H27N. The number of hydrogen-bond acceptors (Lipinski definition) is 1.